The van der Waals surface area contributed by atoms with Crippen molar-refractivity contribution in [2.75, 3.05) is 5.32 Å². The molecule has 0 heterocycles. The van der Waals surface area contributed by atoms with E-state index in [0.29, 0.717) is 0 Å². The number of anilines is 1. The van der Waals surface area contributed by atoms with Crippen molar-refractivity contribution in [1.82, 2.24) is 5.32 Å². The molecule has 0 radical (unpaired) electrons. The summed E-state index contributed by atoms with van der Waals surface area (Å²) in [7, 11) is 0. The third-order valence-corrected chi connectivity index (χ3v) is 3.30. The molecule has 0 aliphatic rings. The molecule has 1 amide bonds. The summed E-state index contributed by atoms with van der Waals surface area (Å²) in [5.74, 6) is -0.000743. The van der Waals surface area contributed by atoms with Crippen molar-refractivity contribution in [3.05, 3.63) is 28.2 Å². The zero-order valence-corrected chi connectivity index (χ0v) is 13.2. The monoisotopic (exact) mass is 312 g/mol. The van der Waals surface area contributed by atoms with Gasteiger partial charge in [0.15, 0.2) is 0 Å². The van der Waals surface area contributed by atoms with Gasteiger partial charge in [0.25, 0.3) is 0 Å². The molecule has 0 aliphatic carbocycles. The van der Waals surface area contributed by atoms with E-state index < -0.39 is 0 Å². The molecular formula is C14H21BrN2O. The minimum Gasteiger partial charge on any atom is -0.374 e. The molecule has 0 aliphatic heterocycles. The SMILES string of the molecule is Cc1ccc(NC(C)C(=O)NC(C)(C)C)cc1Br. The molecule has 0 aromatic heterocycles. The average molecular weight is 313 g/mol. The second-order valence-corrected chi connectivity index (χ2v) is 6.42. The molecule has 1 rings (SSSR count). The molecule has 1 aromatic rings. The first-order chi connectivity index (χ1) is 8.19. The van der Waals surface area contributed by atoms with E-state index in [1.54, 1.807) is 0 Å². The Morgan fingerprint density at radius 3 is 2.44 bits per heavy atom. The van der Waals surface area contributed by atoms with Crippen LogP contribution in [0.3, 0.4) is 0 Å². The van der Waals surface area contributed by atoms with Gasteiger partial charge >= 0.3 is 0 Å². The third kappa shape index (κ3) is 4.69. The van der Waals surface area contributed by atoms with Gasteiger partial charge in [-0.1, -0.05) is 22.0 Å². The average Bonchev–Trinajstić information content (AvgIpc) is 2.21. The van der Waals surface area contributed by atoms with E-state index in [2.05, 4.69) is 26.6 Å². The molecule has 3 nitrogen and oxygen atoms in total. The van der Waals surface area contributed by atoms with Crippen LogP contribution >= 0.6 is 15.9 Å². The highest BCUT2D eigenvalue weighted by Gasteiger charge is 2.19. The van der Waals surface area contributed by atoms with E-state index in [1.807, 2.05) is 52.8 Å². The lowest BCUT2D eigenvalue weighted by atomic mass is 10.1. The first-order valence-electron chi connectivity index (χ1n) is 6.04. The zero-order valence-electron chi connectivity index (χ0n) is 11.6. The summed E-state index contributed by atoms with van der Waals surface area (Å²) in [5, 5.41) is 6.14. The number of benzene rings is 1. The fraction of sp³-hybridized carbons (Fsp3) is 0.500. The van der Waals surface area contributed by atoms with Crippen molar-refractivity contribution in [2.24, 2.45) is 0 Å². The number of rotatable bonds is 3. The second-order valence-electron chi connectivity index (χ2n) is 5.57. The molecule has 100 valence electrons. The predicted octanol–water partition coefficient (Wildman–Crippen LogP) is 3.47. The minimum absolute atomic E-state index is 0.000743. The lowest BCUT2D eigenvalue weighted by Crippen LogP contribution is -2.47. The molecule has 1 aromatic carbocycles. The maximum absolute atomic E-state index is 11.9. The summed E-state index contributed by atoms with van der Waals surface area (Å²) < 4.78 is 1.04. The van der Waals surface area contributed by atoms with Crippen molar-refractivity contribution < 1.29 is 4.79 Å². The lowest BCUT2D eigenvalue weighted by Gasteiger charge is -2.24. The standard InChI is InChI=1S/C14H21BrN2O/c1-9-6-7-11(8-12(9)15)16-10(2)13(18)17-14(3,4)5/h6-8,10,16H,1-5H3,(H,17,18). The summed E-state index contributed by atoms with van der Waals surface area (Å²) >= 11 is 3.48. The number of amides is 1. The minimum atomic E-state index is -0.265. The summed E-state index contributed by atoms with van der Waals surface area (Å²) in [5.41, 5.74) is 1.90. The van der Waals surface area contributed by atoms with Gasteiger partial charge in [-0.25, -0.2) is 0 Å². The van der Waals surface area contributed by atoms with Gasteiger partial charge in [0.2, 0.25) is 5.91 Å². The maximum Gasteiger partial charge on any atom is 0.242 e. The second kappa shape index (κ2) is 5.74. The Labute approximate surface area is 117 Å². The highest BCUT2D eigenvalue weighted by molar-refractivity contribution is 9.10. The lowest BCUT2D eigenvalue weighted by molar-refractivity contribution is -0.122. The number of nitrogens with one attached hydrogen (secondary N) is 2. The quantitative estimate of drug-likeness (QED) is 0.897. The van der Waals surface area contributed by atoms with E-state index in [-0.39, 0.29) is 17.5 Å². The van der Waals surface area contributed by atoms with Crippen LogP contribution in [0.4, 0.5) is 5.69 Å². The summed E-state index contributed by atoms with van der Waals surface area (Å²) in [6, 6.07) is 5.71. The number of hydrogen-bond acceptors (Lipinski definition) is 2. The van der Waals surface area contributed by atoms with Crippen LogP contribution in [0.1, 0.15) is 33.3 Å². The highest BCUT2D eigenvalue weighted by atomic mass is 79.9. The summed E-state index contributed by atoms with van der Waals surface area (Å²) in [4.78, 5) is 11.9. The van der Waals surface area contributed by atoms with Crippen LogP contribution in [0.15, 0.2) is 22.7 Å². The zero-order chi connectivity index (χ0) is 13.9. The van der Waals surface area contributed by atoms with Crippen molar-refractivity contribution in [3.63, 3.8) is 0 Å². The Morgan fingerprint density at radius 1 is 1.33 bits per heavy atom. The molecule has 18 heavy (non-hydrogen) atoms. The predicted molar refractivity (Wildman–Crippen MR) is 79.9 cm³/mol. The molecule has 1 atom stereocenters. The van der Waals surface area contributed by atoms with Crippen LogP contribution in [0, 0.1) is 6.92 Å². The number of carbonyl (C=O) groups is 1. The van der Waals surface area contributed by atoms with Gasteiger partial charge < -0.3 is 10.6 Å². The van der Waals surface area contributed by atoms with Gasteiger partial charge in [0.05, 0.1) is 0 Å². The fourth-order valence-electron chi connectivity index (χ4n) is 1.48. The van der Waals surface area contributed by atoms with Crippen LogP contribution in [-0.4, -0.2) is 17.5 Å². The molecule has 0 spiro atoms. The van der Waals surface area contributed by atoms with E-state index >= 15 is 0 Å². The van der Waals surface area contributed by atoms with Crippen molar-refractivity contribution >= 4 is 27.5 Å². The molecule has 0 saturated heterocycles. The van der Waals surface area contributed by atoms with Gasteiger partial charge in [-0.05, 0) is 52.3 Å². The van der Waals surface area contributed by atoms with Crippen LogP contribution in [0.2, 0.25) is 0 Å². The normalized spacial score (nSPS) is 13.0. The summed E-state index contributed by atoms with van der Waals surface area (Å²) in [6.45, 7) is 9.80. The van der Waals surface area contributed by atoms with Gasteiger partial charge in [-0.15, -0.1) is 0 Å². The largest absolute Gasteiger partial charge is 0.374 e. The number of hydrogen-bond donors (Lipinski definition) is 2. The summed E-state index contributed by atoms with van der Waals surface area (Å²) in [6.07, 6.45) is 0. The Hall–Kier alpha value is -1.03. The van der Waals surface area contributed by atoms with Gasteiger partial charge in [0.1, 0.15) is 6.04 Å². The van der Waals surface area contributed by atoms with E-state index in [0.717, 1.165) is 10.2 Å². The molecule has 0 fully saturated rings. The Morgan fingerprint density at radius 2 is 1.94 bits per heavy atom. The molecule has 4 heteroatoms. The Balaban J connectivity index is 2.66. The van der Waals surface area contributed by atoms with Crippen LogP contribution < -0.4 is 10.6 Å². The molecule has 0 saturated carbocycles. The van der Waals surface area contributed by atoms with Crippen LogP contribution in [-0.2, 0) is 4.79 Å². The van der Waals surface area contributed by atoms with Crippen LogP contribution in [0.5, 0.6) is 0 Å². The fourth-order valence-corrected chi connectivity index (χ4v) is 1.85. The first-order valence-corrected chi connectivity index (χ1v) is 6.83. The smallest absolute Gasteiger partial charge is 0.242 e. The van der Waals surface area contributed by atoms with Crippen molar-refractivity contribution in [2.45, 2.75) is 46.2 Å². The topological polar surface area (TPSA) is 41.1 Å². The van der Waals surface area contributed by atoms with Crippen LogP contribution in [0.25, 0.3) is 0 Å². The Kier molecular flexibility index (Phi) is 4.79. The van der Waals surface area contributed by atoms with Gasteiger partial charge in [0, 0.05) is 15.7 Å². The van der Waals surface area contributed by atoms with Crippen molar-refractivity contribution in [1.29, 1.82) is 0 Å². The Bertz CT molecular complexity index is 438. The first kappa shape index (κ1) is 15.0. The number of halogens is 1. The third-order valence-electron chi connectivity index (χ3n) is 2.45. The maximum atomic E-state index is 11.9. The van der Waals surface area contributed by atoms with Crippen molar-refractivity contribution in [3.8, 4) is 0 Å². The highest BCUT2D eigenvalue weighted by Crippen LogP contribution is 2.21. The molecule has 2 N–H and O–H groups in total. The van der Waals surface area contributed by atoms with Gasteiger partial charge in [-0.3, -0.25) is 4.79 Å². The van der Waals surface area contributed by atoms with Gasteiger partial charge in [-0.2, -0.15) is 0 Å². The van der Waals surface area contributed by atoms with E-state index in [1.165, 1.54) is 5.56 Å². The number of carbonyl (C=O) groups excluding carboxylic acids is 1. The van der Waals surface area contributed by atoms with E-state index in [4.69, 9.17) is 0 Å². The molecule has 0 bridgehead atoms. The van der Waals surface area contributed by atoms with E-state index in [9.17, 15) is 4.79 Å². The molecular weight excluding hydrogens is 292 g/mol. The molecule has 1 unspecified atom stereocenters. The number of aryl methyl sites for hydroxylation is 1.